The predicted octanol–water partition coefficient (Wildman–Crippen LogP) is 4.83. The minimum absolute atomic E-state index is 0.152. The van der Waals surface area contributed by atoms with E-state index in [0.717, 1.165) is 21.4 Å². The number of carbonyl (C=O) groups excluding carboxylic acids is 3. The highest BCUT2D eigenvalue weighted by Gasteiger charge is 2.27. The van der Waals surface area contributed by atoms with Crippen molar-refractivity contribution in [3.05, 3.63) is 50.3 Å². The smallest absolute Gasteiger partial charge is 0.348 e. The van der Waals surface area contributed by atoms with Crippen LogP contribution in [0.5, 0.6) is 5.75 Å². The molecule has 1 amide bonds. The van der Waals surface area contributed by atoms with Gasteiger partial charge in [-0.2, -0.15) is 0 Å². The lowest BCUT2D eigenvalue weighted by atomic mass is 10.1. The molecule has 0 spiro atoms. The highest BCUT2D eigenvalue weighted by molar-refractivity contribution is 9.10. The molecule has 0 aliphatic carbocycles. The van der Waals surface area contributed by atoms with Gasteiger partial charge in [0.15, 0.2) is 0 Å². The highest BCUT2D eigenvalue weighted by atomic mass is 79.9. The number of nitrogens with one attached hydrogen (secondary N) is 1. The van der Waals surface area contributed by atoms with Gasteiger partial charge in [-0.15, -0.1) is 11.3 Å². The maximum Gasteiger partial charge on any atom is 0.348 e. The number of amides is 1. The van der Waals surface area contributed by atoms with E-state index in [4.69, 9.17) is 14.2 Å². The number of rotatable bonds is 8. The Hall–Kier alpha value is -2.65. The summed E-state index contributed by atoms with van der Waals surface area (Å²) in [6.07, 6.45) is 2.96. The highest BCUT2D eigenvalue weighted by Crippen LogP contribution is 2.34. The molecule has 0 bridgehead atoms. The van der Waals surface area contributed by atoms with Crippen LogP contribution in [-0.4, -0.2) is 38.2 Å². The van der Waals surface area contributed by atoms with E-state index in [1.807, 2.05) is 0 Å². The van der Waals surface area contributed by atoms with Crippen molar-refractivity contribution in [2.75, 3.05) is 25.6 Å². The Morgan fingerprint density at radius 3 is 2.40 bits per heavy atom. The van der Waals surface area contributed by atoms with Crippen LogP contribution in [0.4, 0.5) is 5.00 Å². The fourth-order valence-corrected chi connectivity index (χ4v) is 4.20. The van der Waals surface area contributed by atoms with Gasteiger partial charge in [-0.05, 0) is 66.0 Å². The van der Waals surface area contributed by atoms with Crippen LogP contribution in [0.15, 0.2) is 28.7 Å². The van der Waals surface area contributed by atoms with Gasteiger partial charge in [-0.25, -0.2) is 9.59 Å². The maximum atomic E-state index is 12.4. The SMILES string of the molecule is CCOC(=O)c1sc(NC(=O)/C=C/c2ccc(OC)c(Br)c2)c(C(=O)OCC)c1C. The Balaban J connectivity index is 2.28. The van der Waals surface area contributed by atoms with Gasteiger partial charge in [-0.3, -0.25) is 4.79 Å². The molecule has 1 N–H and O–H groups in total. The second-order valence-corrected chi connectivity index (χ2v) is 7.79. The molecule has 9 heteroatoms. The maximum absolute atomic E-state index is 12.4. The van der Waals surface area contributed by atoms with Crippen molar-refractivity contribution < 1.29 is 28.6 Å². The van der Waals surface area contributed by atoms with E-state index < -0.39 is 17.8 Å². The van der Waals surface area contributed by atoms with Gasteiger partial charge < -0.3 is 19.5 Å². The molecule has 0 aliphatic rings. The normalized spacial score (nSPS) is 10.7. The average Bonchev–Trinajstić information content (AvgIpc) is 3.02. The molecule has 0 unspecified atom stereocenters. The van der Waals surface area contributed by atoms with Crippen LogP contribution >= 0.6 is 27.3 Å². The van der Waals surface area contributed by atoms with E-state index in [0.29, 0.717) is 11.3 Å². The molecule has 30 heavy (non-hydrogen) atoms. The van der Waals surface area contributed by atoms with Crippen molar-refractivity contribution in [3.63, 3.8) is 0 Å². The van der Waals surface area contributed by atoms with E-state index in [1.54, 1.807) is 52.2 Å². The second kappa shape index (κ2) is 10.9. The van der Waals surface area contributed by atoms with Crippen LogP contribution in [0, 0.1) is 6.92 Å². The first kappa shape index (κ1) is 23.6. The monoisotopic (exact) mass is 495 g/mol. The van der Waals surface area contributed by atoms with Gasteiger partial charge in [0.05, 0.1) is 30.4 Å². The van der Waals surface area contributed by atoms with Crippen molar-refractivity contribution in [2.24, 2.45) is 0 Å². The molecule has 0 saturated carbocycles. The van der Waals surface area contributed by atoms with Crippen LogP contribution in [0.3, 0.4) is 0 Å². The number of hydrogen-bond donors (Lipinski definition) is 1. The number of benzene rings is 1. The molecule has 0 aliphatic heterocycles. The Kier molecular flexibility index (Phi) is 8.61. The Bertz CT molecular complexity index is 982. The van der Waals surface area contributed by atoms with Crippen LogP contribution < -0.4 is 10.1 Å². The van der Waals surface area contributed by atoms with Gasteiger partial charge in [0.2, 0.25) is 5.91 Å². The molecule has 2 aromatic rings. The van der Waals surface area contributed by atoms with Crippen molar-refractivity contribution >= 4 is 56.2 Å². The summed E-state index contributed by atoms with van der Waals surface area (Å²) in [6, 6.07) is 5.38. The molecule has 1 aromatic heterocycles. The number of carbonyl (C=O) groups is 3. The summed E-state index contributed by atoms with van der Waals surface area (Å²) in [5.41, 5.74) is 1.34. The summed E-state index contributed by atoms with van der Waals surface area (Å²) in [5, 5.41) is 2.90. The first-order chi connectivity index (χ1) is 14.3. The summed E-state index contributed by atoms with van der Waals surface area (Å²) < 4.78 is 16.0. The van der Waals surface area contributed by atoms with E-state index in [1.165, 1.54) is 6.08 Å². The van der Waals surface area contributed by atoms with Gasteiger partial charge in [0.1, 0.15) is 15.6 Å². The van der Waals surface area contributed by atoms with E-state index in [2.05, 4.69) is 21.2 Å². The number of hydrogen-bond acceptors (Lipinski definition) is 7. The van der Waals surface area contributed by atoms with Gasteiger partial charge in [0, 0.05) is 6.08 Å². The largest absolute Gasteiger partial charge is 0.496 e. The molecule has 7 nitrogen and oxygen atoms in total. The topological polar surface area (TPSA) is 90.9 Å². The lowest BCUT2D eigenvalue weighted by Gasteiger charge is -2.06. The van der Waals surface area contributed by atoms with Crippen molar-refractivity contribution in [2.45, 2.75) is 20.8 Å². The molecular formula is C21H22BrNO6S. The lowest BCUT2D eigenvalue weighted by molar-refractivity contribution is -0.111. The number of anilines is 1. The predicted molar refractivity (Wildman–Crippen MR) is 119 cm³/mol. The first-order valence-corrected chi connectivity index (χ1v) is 10.7. The average molecular weight is 496 g/mol. The third-order valence-electron chi connectivity index (χ3n) is 3.93. The van der Waals surface area contributed by atoms with E-state index in [-0.39, 0.29) is 28.7 Å². The van der Waals surface area contributed by atoms with E-state index in [9.17, 15) is 14.4 Å². The zero-order valence-corrected chi connectivity index (χ0v) is 19.4. The standard InChI is InChI=1S/C21H22BrNO6S/c1-5-28-20(25)17-12(3)18(21(26)29-6-2)30-19(17)23-16(24)10-8-13-7-9-15(27-4)14(22)11-13/h7-11H,5-6H2,1-4H3,(H,23,24)/b10-8+. The molecule has 1 heterocycles. The van der Waals surface area contributed by atoms with Crippen molar-refractivity contribution in [1.29, 1.82) is 0 Å². The number of thiophene rings is 1. The van der Waals surface area contributed by atoms with Crippen LogP contribution in [0.1, 0.15) is 45.0 Å². The summed E-state index contributed by atoms with van der Waals surface area (Å²) >= 11 is 4.37. The first-order valence-electron chi connectivity index (χ1n) is 9.12. The number of halogens is 1. The van der Waals surface area contributed by atoms with Crippen LogP contribution in [0.25, 0.3) is 6.08 Å². The van der Waals surface area contributed by atoms with Gasteiger partial charge >= 0.3 is 11.9 Å². The van der Waals surface area contributed by atoms with E-state index >= 15 is 0 Å². The minimum Gasteiger partial charge on any atom is -0.496 e. The molecule has 160 valence electrons. The molecule has 0 radical (unpaired) electrons. The third-order valence-corrected chi connectivity index (χ3v) is 5.73. The summed E-state index contributed by atoms with van der Waals surface area (Å²) in [5.74, 6) is -0.940. The lowest BCUT2D eigenvalue weighted by Crippen LogP contribution is -2.13. The molecule has 0 saturated heterocycles. The van der Waals surface area contributed by atoms with Gasteiger partial charge in [-0.1, -0.05) is 6.07 Å². The second-order valence-electron chi connectivity index (χ2n) is 5.92. The zero-order valence-electron chi connectivity index (χ0n) is 17.0. The third kappa shape index (κ3) is 5.70. The fourth-order valence-electron chi connectivity index (χ4n) is 2.55. The Labute approximate surface area is 187 Å². The molecule has 0 fully saturated rings. The van der Waals surface area contributed by atoms with Crippen molar-refractivity contribution in [3.8, 4) is 5.75 Å². The summed E-state index contributed by atoms with van der Waals surface area (Å²) in [7, 11) is 1.57. The molecular weight excluding hydrogens is 474 g/mol. The zero-order chi connectivity index (χ0) is 22.3. The van der Waals surface area contributed by atoms with Crippen LogP contribution in [-0.2, 0) is 14.3 Å². The van der Waals surface area contributed by atoms with Crippen LogP contribution in [0.2, 0.25) is 0 Å². The quantitative estimate of drug-likeness (QED) is 0.416. The Morgan fingerprint density at radius 2 is 1.80 bits per heavy atom. The van der Waals surface area contributed by atoms with Gasteiger partial charge in [0.25, 0.3) is 0 Å². The van der Waals surface area contributed by atoms with Crippen molar-refractivity contribution in [1.82, 2.24) is 0 Å². The number of esters is 2. The fraction of sp³-hybridized carbons (Fsp3) is 0.286. The number of methoxy groups -OCH3 is 1. The minimum atomic E-state index is -0.611. The summed E-state index contributed by atoms with van der Waals surface area (Å²) in [4.78, 5) is 37.3. The molecule has 0 atom stereocenters. The number of ether oxygens (including phenoxy) is 3. The Morgan fingerprint density at radius 1 is 1.13 bits per heavy atom. The molecule has 2 rings (SSSR count). The summed E-state index contributed by atoms with van der Waals surface area (Å²) in [6.45, 7) is 5.36. The molecule has 1 aromatic carbocycles.